The smallest absolute Gasteiger partial charge is 0.185 e. The van der Waals surface area contributed by atoms with E-state index < -0.39 is 5.82 Å². The van der Waals surface area contributed by atoms with Crippen molar-refractivity contribution in [1.82, 2.24) is 0 Å². The lowest BCUT2D eigenvalue weighted by molar-refractivity contribution is -0.109. The summed E-state index contributed by atoms with van der Waals surface area (Å²) in [6, 6.07) is 4.33. The monoisotopic (exact) mass is 250 g/mol. The fourth-order valence-corrected chi connectivity index (χ4v) is 1.66. The Balaban J connectivity index is 2.68. The van der Waals surface area contributed by atoms with Gasteiger partial charge in [-0.2, -0.15) is 0 Å². The van der Waals surface area contributed by atoms with Crippen molar-refractivity contribution in [1.29, 1.82) is 0 Å². The number of hydrogen-bond acceptors (Lipinski definition) is 3. The molecule has 4 heteroatoms. The van der Waals surface area contributed by atoms with Crippen molar-refractivity contribution >= 4 is 23.2 Å². The van der Waals surface area contributed by atoms with Gasteiger partial charge in [0.15, 0.2) is 11.4 Å². The minimum Gasteiger partial charge on any atom is -0.298 e. The molecule has 0 saturated heterocycles. The molecule has 0 aliphatic carbocycles. The second-order valence-corrected chi connectivity index (χ2v) is 4.48. The normalized spacial score (nSPS) is 9.29. The number of carbonyl (C=O) groups excluding carboxylic acids is 2. The molecule has 0 fully saturated rings. The van der Waals surface area contributed by atoms with Gasteiger partial charge in [0.05, 0.1) is 5.56 Å². The molecule has 2 nitrogen and oxygen atoms in total. The Morgan fingerprint density at radius 1 is 1.53 bits per heavy atom. The average Bonchev–Trinajstić information content (AvgIpc) is 2.28. The van der Waals surface area contributed by atoms with E-state index in [9.17, 15) is 14.0 Å². The van der Waals surface area contributed by atoms with Gasteiger partial charge >= 0.3 is 0 Å². The van der Waals surface area contributed by atoms with Crippen molar-refractivity contribution in [3.05, 3.63) is 35.1 Å². The highest BCUT2D eigenvalue weighted by atomic mass is 32.2. The first-order chi connectivity index (χ1) is 8.15. The largest absolute Gasteiger partial charge is 0.298 e. The maximum Gasteiger partial charge on any atom is 0.185 e. The van der Waals surface area contributed by atoms with Crippen LogP contribution in [0.2, 0.25) is 0 Å². The summed E-state index contributed by atoms with van der Waals surface area (Å²) in [5, 5.41) is 0.0473. The molecular weight excluding hydrogens is 239 g/mol. The van der Waals surface area contributed by atoms with Gasteiger partial charge in [-0.1, -0.05) is 29.7 Å². The van der Waals surface area contributed by atoms with Crippen molar-refractivity contribution in [3.8, 4) is 11.8 Å². The molecule has 0 saturated carbocycles. The zero-order chi connectivity index (χ0) is 12.7. The van der Waals surface area contributed by atoms with E-state index in [1.807, 2.05) is 0 Å². The highest BCUT2D eigenvalue weighted by molar-refractivity contribution is 8.13. The lowest BCUT2D eigenvalue weighted by atomic mass is 10.1. The number of benzene rings is 1. The van der Waals surface area contributed by atoms with Crippen molar-refractivity contribution in [2.75, 3.05) is 5.75 Å². The third-order valence-electron chi connectivity index (χ3n) is 1.93. The van der Waals surface area contributed by atoms with E-state index in [4.69, 9.17) is 0 Å². The Hall–Kier alpha value is -1.60. The Kier molecular flexibility index (Phi) is 5.44. The SMILES string of the molecule is CC(=O)SCCC#Cc1cccc(F)c1C=O. The van der Waals surface area contributed by atoms with Crippen LogP contribution in [0.5, 0.6) is 0 Å². The van der Waals surface area contributed by atoms with Crippen LogP contribution in [0.25, 0.3) is 0 Å². The van der Waals surface area contributed by atoms with Gasteiger partial charge in [0.25, 0.3) is 0 Å². The first-order valence-electron chi connectivity index (χ1n) is 5.01. The van der Waals surface area contributed by atoms with Crippen LogP contribution in [0.4, 0.5) is 4.39 Å². The van der Waals surface area contributed by atoms with Crippen LogP contribution >= 0.6 is 11.8 Å². The lowest BCUT2D eigenvalue weighted by Crippen LogP contribution is -1.92. The number of thioether (sulfide) groups is 1. The molecule has 0 aromatic heterocycles. The van der Waals surface area contributed by atoms with Crippen LogP contribution in [0, 0.1) is 17.7 Å². The Labute approximate surface area is 104 Å². The fraction of sp³-hybridized carbons (Fsp3) is 0.231. The topological polar surface area (TPSA) is 34.1 Å². The molecule has 1 rings (SSSR count). The molecular formula is C13H11FO2S. The summed E-state index contributed by atoms with van der Waals surface area (Å²) in [7, 11) is 0. The summed E-state index contributed by atoms with van der Waals surface area (Å²) in [4.78, 5) is 21.3. The summed E-state index contributed by atoms with van der Waals surface area (Å²) < 4.78 is 13.2. The molecule has 0 aliphatic heterocycles. The van der Waals surface area contributed by atoms with E-state index in [0.29, 0.717) is 24.0 Å². The Morgan fingerprint density at radius 2 is 2.29 bits per heavy atom. The molecule has 0 radical (unpaired) electrons. The summed E-state index contributed by atoms with van der Waals surface area (Å²) in [5.41, 5.74) is 0.368. The average molecular weight is 250 g/mol. The van der Waals surface area contributed by atoms with Gasteiger partial charge in [0, 0.05) is 24.7 Å². The summed E-state index contributed by atoms with van der Waals surface area (Å²) in [6.07, 6.45) is 0.989. The zero-order valence-corrected chi connectivity index (χ0v) is 10.1. The van der Waals surface area contributed by atoms with E-state index in [1.54, 1.807) is 6.07 Å². The third-order valence-corrected chi connectivity index (χ3v) is 2.74. The van der Waals surface area contributed by atoms with E-state index in [1.165, 1.54) is 30.8 Å². The maximum atomic E-state index is 13.2. The molecule has 0 spiro atoms. The summed E-state index contributed by atoms with van der Waals surface area (Å²) in [6.45, 7) is 1.50. The molecule has 1 aromatic rings. The quantitative estimate of drug-likeness (QED) is 0.470. The molecule has 0 heterocycles. The second kappa shape index (κ2) is 6.87. The van der Waals surface area contributed by atoms with Gasteiger partial charge in [0.1, 0.15) is 5.82 Å². The van der Waals surface area contributed by atoms with Crippen LogP contribution in [-0.2, 0) is 4.79 Å². The predicted octanol–water partition coefficient (Wildman–Crippen LogP) is 2.66. The Morgan fingerprint density at radius 3 is 2.94 bits per heavy atom. The van der Waals surface area contributed by atoms with Crippen LogP contribution in [0.1, 0.15) is 29.3 Å². The minimum atomic E-state index is -0.565. The van der Waals surface area contributed by atoms with Crippen molar-refractivity contribution < 1.29 is 14.0 Å². The van der Waals surface area contributed by atoms with E-state index in [0.717, 1.165) is 0 Å². The summed E-state index contributed by atoms with van der Waals surface area (Å²) >= 11 is 1.19. The molecule has 0 amide bonds. The van der Waals surface area contributed by atoms with Gasteiger partial charge in [-0.25, -0.2) is 4.39 Å². The van der Waals surface area contributed by atoms with E-state index in [2.05, 4.69) is 11.8 Å². The maximum absolute atomic E-state index is 13.2. The van der Waals surface area contributed by atoms with Crippen LogP contribution in [0.15, 0.2) is 18.2 Å². The highest BCUT2D eigenvalue weighted by Crippen LogP contribution is 2.10. The van der Waals surface area contributed by atoms with Gasteiger partial charge in [-0.3, -0.25) is 9.59 Å². The molecule has 0 N–H and O–H groups in total. The van der Waals surface area contributed by atoms with Crippen LogP contribution < -0.4 is 0 Å². The molecule has 88 valence electrons. The first kappa shape index (κ1) is 13.5. The van der Waals surface area contributed by atoms with Gasteiger partial charge in [-0.15, -0.1) is 0 Å². The van der Waals surface area contributed by atoms with Crippen molar-refractivity contribution in [3.63, 3.8) is 0 Å². The molecule has 0 aliphatic rings. The molecule has 17 heavy (non-hydrogen) atoms. The third kappa shape index (κ3) is 4.41. The van der Waals surface area contributed by atoms with Gasteiger partial charge in [-0.05, 0) is 12.1 Å². The molecule has 0 unspecified atom stereocenters. The second-order valence-electron chi connectivity index (χ2n) is 3.21. The number of rotatable bonds is 3. The minimum absolute atomic E-state index is 0.0146. The number of halogens is 1. The number of hydrogen-bond donors (Lipinski definition) is 0. The predicted molar refractivity (Wildman–Crippen MR) is 66.4 cm³/mol. The van der Waals surface area contributed by atoms with Crippen molar-refractivity contribution in [2.24, 2.45) is 0 Å². The number of aldehydes is 1. The van der Waals surface area contributed by atoms with Crippen LogP contribution in [0.3, 0.4) is 0 Å². The molecule has 0 atom stereocenters. The van der Waals surface area contributed by atoms with Gasteiger partial charge in [0.2, 0.25) is 0 Å². The number of carbonyl (C=O) groups is 2. The molecule has 0 bridgehead atoms. The highest BCUT2D eigenvalue weighted by Gasteiger charge is 2.04. The van der Waals surface area contributed by atoms with E-state index in [-0.39, 0.29) is 10.7 Å². The van der Waals surface area contributed by atoms with E-state index >= 15 is 0 Å². The lowest BCUT2D eigenvalue weighted by Gasteiger charge is -1.97. The standard InChI is InChI=1S/C13H11FO2S/c1-10(16)17-8-3-2-5-11-6-4-7-13(14)12(11)9-15/h4,6-7,9H,3,8H2,1H3. The Bertz CT molecular complexity index is 486. The first-order valence-corrected chi connectivity index (χ1v) is 5.99. The summed E-state index contributed by atoms with van der Waals surface area (Å²) in [5.74, 6) is 5.58. The fourth-order valence-electron chi connectivity index (χ4n) is 1.17. The van der Waals surface area contributed by atoms with Crippen LogP contribution in [-0.4, -0.2) is 17.2 Å². The zero-order valence-electron chi connectivity index (χ0n) is 9.33. The van der Waals surface area contributed by atoms with Gasteiger partial charge < -0.3 is 0 Å². The van der Waals surface area contributed by atoms with Crippen molar-refractivity contribution in [2.45, 2.75) is 13.3 Å². The molecule has 1 aromatic carbocycles.